The Labute approximate surface area is 148 Å². The van der Waals surface area contributed by atoms with Gasteiger partial charge in [-0.2, -0.15) is 0 Å². The van der Waals surface area contributed by atoms with Crippen molar-refractivity contribution in [3.63, 3.8) is 0 Å². The number of aryl methyl sites for hydroxylation is 1. The highest BCUT2D eigenvalue weighted by Crippen LogP contribution is 2.33. The average molecular weight is 365 g/mol. The van der Waals surface area contributed by atoms with E-state index in [0.29, 0.717) is 40.0 Å². The topological polar surface area (TPSA) is 70.5 Å². The minimum absolute atomic E-state index is 0.144. The third-order valence-corrected chi connectivity index (χ3v) is 5.66. The second-order valence-corrected chi connectivity index (χ2v) is 7.25. The first-order chi connectivity index (χ1) is 11.5. The molecule has 0 unspecified atom stereocenters. The molecule has 1 saturated heterocycles. The van der Waals surface area contributed by atoms with Crippen LogP contribution in [0.2, 0.25) is 5.02 Å². The van der Waals surface area contributed by atoms with Crippen LogP contribution in [-0.4, -0.2) is 40.0 Å². The van der Waals surface area contributed by atoms with E-state index < -0.39 is 11.9 Å². The van der Waals surface area contributed by atoms with Gasteiger partial charge in [-0.1, -0.05) is 29.8 Å². The van der Waals surface area contributed by atoms with Crippen LogP contribution < -0.4 is 0 Å². The Morgan fingerprint density at radius 2 is 2.12 bits per heavy atom. The summed E-state index contributed by atoms with van der Waals surface area (Å²) in [7, 11) is 0. The standard InChI is InChI=1S/C17H17ClN2O3S/c1-10-14(16(21)20-8-4-5-11(9-20)17(22)23)24-15(19-10)12-6-2-3-7-13(12)18/h2-3,6-7,11H,4-5,8-9H2,1H3,(H,22,23)/t11-/m1/s1. The summed E-state index contributed by atoms with van der Waals surface area (Å²) in [4.78, 5) is 30.6. The van der Waals surface area contributed by atoms with Crippen LogP contribution in [0.15, 0.2) is 24.3 Å². The molecule has 1 fully saturated rings. The number of aromatic nitrogens is 1. The van der Waals surface area contributed by atoms with Gasteiger partial charge in [0.1, 0.15) is 9.88 Å². The van der Waals surface area contributed by atoms with E-state index in [4.69, 9.17) is 11.6 Å². The van der Waals surface area contributed by atoms with Gasteiger partial charge in [0.05, 0.1) is 16.6 Å². The number of carbonyl (C=O) groups excluding carboxylic acids is 1. The van der Waals surface area contributed by atoms with Gasteiger partial charge in [0.15, 0.2) is 0 Å². The van der Waals surface area contributed by atoms with Crippen LogP contribution in [0, 0.1) is 12.8 Å². The zero-order chi connectivity index (χ0) is 17.3. The van der Waals surface area contributed by atoms with Crippen LogP contribution >= 0.6 is 22.9 Å². The number of thiazole rings is 1. The number of piperidine rings is 1. The van der Waals surface area contributed by atoms with Crippen LogP contribution in [0.5, 0.6) is 0 Å². The highest BCUT2D eigenvalue weighted by atomic mass is 35.5. The zero-order valence-electron chi connectivity index (χ0n) is 13.2. The highest BCUT2D eigenvalue weighted by molar-refractivity contribution is 7.17. The van der Waals surface area contributed by atoms with E-state index in [1.54, 1.807) is 17.9 Å². The molecule has 1 aliphatic rings. The molecule has 2 aromatic rings. The summed E-state index contributed by atoms with van der Waals surface area (Å²) >= 11 is 7.51. The van der Waals surface area contributed by atoms with Crippen molar-refractivity contribution in [2.24, 2.45) is 5.92 Å². The van der Waals surface area contributed by atoms with Crippen molar-refractivity contribution in [2.75, 3.05) is 13.1 Å². The number of aliphatic carboxylic acids is 1. The van der Waals surface area contributed by atoms with E-state index in [1.165, 1.54) is 11.3 Å². The van der Waals surface area contributed by atoms with Crippen molar-refractivity contribution in [1.29, 1.82) is 0 Å². The monoisotopic (exact) mass is 364 g/mol. The first kappa shape index (κ1) is 16.9. The van der Waals surface area contributed by atoms with Gasteiger partial charge in [0.2, 0.25) is 0 Å². The number of carboxylic acids is 1. The van der Waals surface area contributed by atoms with Gasteiger partial charge in [-0.05, 0) is 25.8 Å². The van der Waals surface area contributed by atoms with Crippen molar-refractivity contribution < 1.29 is 14.7 Å². The fourth-order valence-corrected chi connectivity index (χ4v) is 4.21. The quantitative estimate of drug-likeness (QED) is 0.901. The number of likely N-dealkylation sites (tertiary alicyclic amines) is 1. The number of nitrogens with zero attached hydrogens (tertiary/aromatic N) is 2. The Morgan fingerprint density at radius 3 is 2.83 bits per heavy atom. The van der Waals surface area contributed by atoms with Crippen LogP contribution in [0.1, 0.15) is 28.2 Å². The Balaban J connectivity index is 1.86. The molecule has 126 valence electrons. The summed E-state index contributed by atoms with van der Waals surface area (Å²) < 4.78 is 0. The summed E-state index contributed by atoms with van der Waals surface area (Å²) in [5, 5.41) is 10.5. The van der Waals surface area contributed by atoms with Gasteiger partial charge < -0.3 is 10.0 Å². The molecule has 1 amide bonds. The molecule has 1 atom stereocenters. The maximum absolute atomic E-state index is 12.8. The van der Waals surface area contributed by atoms with Crippen molar-refractivity contribution >= 4 is 34.8 Å². The minimum Gasteiger partial charge on any atom is -0.481 e. The summed E-state index contributed by atoms with van der Waals surface area (Å²) in [6.07, 6.45) is 1.32. The third-order valence-electron chi connectivity index (χ3n) is 4.15. The highest BCUT2D eigenvalue weighted by Gasteiger charge is 2.30. The van der Waals surface area contributed by atoms with Crippen molar-refractivity contribution in [1.82, 2.24) is 9.88 Å². The molecule has 1 aromatic carbocycles. The Hall–Kier alpha value is -1.92. The normalized spacial score (nSPS) is 17.8. The lowest BCUT2D eigenvalue weighted by atomic mass is 9.98. The molecule has 0 saturated carbocycles. The van der Waals surface area contributed by atoms with Gasteiger partial charge in [-0.25, -0.2) is 4.98 Å². The van der Waals surface area contributed by atoms with E-state index >= 15 is 0 Å². The predicted octanol–water partition coefficient (Wildman–Crippen LogP) is 3.71. The molecule has 1 aromatic heterocycles. The van der Waals surface area contributed by atoms with Gasteiger partial charge >= 0.3 is 5.97 Å². The van der Waals surface area contributed by atoms with E-state index in [9.17, 15) is 14.7 Å². The van der Waals surface area contributed by atoms with E-state index in [1.807, 2.05) is 18.2 Å². The zero-order valence-corrected chi connectivity index (χ0v) is 14.7. The molecule has 0 spiro atoms. The molecule has 7 heteroatoms. The molecule has 0 bridgehead atoms. The van der Waals surface area contributed by atoms with Gasteiger partial charge in [0.25, 0.3) is 5.91 Å². The Bertz CT molecular complexity index is 790. The summed E-state index contributed by atoms with van der Waals surface area (Å²) in [6, 6.07) is 7.38. The Morgan fingerprint density at radius 1 is 1.38 bits per heavy atom. The first-order valence-corrected chi connectivity index (χ1v) is 8.91. The number of benzene rings is 1. The number of hydrogen-bond donors (Lipinski definition) is 1. The van der Waals surface area contributed by atoms with E-state index in [-0.39, 0.29) is 12.5 Å². The number of carboxylic acid groups (broad SMARTS) is 1. The number of amides is 1. The molecule has 24 heavy (non-hydrogen) atoms. The lowest BCUT2D eigenvalue weighted by molar-refractivity contribution is -0.143. The number of halogens is 1. The first-order valence-electron chi connectivity index (χ1n) is 7.71. The SMILES string of the molecule is Cc1nc(-c2ccccc2Cl)sc1C(=O)N1CCC[C@@H](C(=O)O)C1. The van der Waals surface area contributed by atoms with Gasteiger partial charge in [0, 0.05) is 18.7 Å². The minimum atomic E-state index is -0.842. The van der Waals surface area contributed by atoms with Crippen molar-refractivity contribution in [3.8, 4) is 10.6 Å². The maximum Gasteiger partial charge on any atom is 0.308 e. The van der Waals surface area contributed by atoms with Crippen LogP contribution in [-0.2, 0) is 4.79 Å². The molecule has 3 rings (SSSR count). The molecule has 1 aliphatic heterocycles. The summed E-state index contributed by atoms with van der Waals surface area (Å²) in [5.74, 6) is -1.47. The van der Waals surface area contributed by atoms with Gasteiger partial charge in [-0.3, -0.25) is 9.59 Å². The van der Waals surface area contributed by atoms with E-state index in [0.717, 1.165) is 5.56 Å². The fourth-order valence-electron chi connectivity index (χ4n) is 2.85. The largest absolute Gasteiger partial charge is 0.481 e. The third kappa shape index (κ3) is 3.30. The van der Waals surface area contributed by atoms with E-state index in [2.05, 4.69) is 4.98 Å². The fraction of sp³-hybridized carbons (Fsp3) is 0.353. The lowest BCUT2D eigenvalue weighted by Crippen LogP contribution is -2.42. The predicted molar refractivity (Wildman–Crippen MR) is 93.6 cm³/mol. The Kier molecular flexibility index (Phi) is 4.87. The second kappa shape index (κ2) is 6.91. The molecule has 0 aliphatic carbocycles. The second-order valence-electron chi connectivity index (χ2n) is 5.84. The van der Waals surface area contributed by atoms with Crippen LogP contribution in [0.25, 0.3) is 10.6 Å². The van der Waals surface area contributed by atoms with Crippen LogP contribution in [0.4, 0.5) is 0 Å². The molecular formula is C17H17ClN2O3S. The number of hydrogen-bond acceptors (Lipinski definition) is 4. The molecule has 0 radical (unpaired) electrons. The molecule has 5 nitrogen and oxygen atoms in total. The molecule has 1 N–H and O–H groups in total. The number of rotatable bonds is 3. The van der Waals surface area contributed by atoms with Crippen molar-refractivity contribution in [2.45, 2.75) is 19.8 Å². The smallest absolute Gasteiger partial charge is 0.308 e. The summed E-state index contributed by atoms with van der Waals surface area (Å²) in [6.45, 7) is 2.64. The summed E-state index contributed by atoms with van der Waals surface area (Å²) in [5.41, 5.74) is 1.45. The molecular weight excluding hydrogens is 348 g/mol. The molecule has 2 heterocycles. The lowest BCUT2D eigenvalue weighted by Gasteiger charge is -2.30. The number of carbonyl (C=O) groups is 2. The van der Waals surface area contributed by atoms with Crippen molar-refractivity contribution in [3.05, 3.63) is 39.9 Å². The van der Waals surface area contributed by atoms with Crippen LogP contribution in [0.3, 0.4) is 0 Å². The van der Waals surface area contributed by atoms with Gasteiger partial charge in [-0.15, -0.1) is 11.3 Å². The average Bonchev–Trinajstić information content (AvgIpc) is 2.96. The maximum atomic E-state index is 12.8.